The summed E-state index contributed by atoms with van der Waals surface area (Å²) in [6, 6.07) is 2.22. The van der Waals surface area contributed by atoms with E-state index in [1.54, 1.807) is 11.3 Å². The summed E-state index contributed by atoms with van der Waals surface area (Å²) in [4.78, 5) is 2.52. The summed E-state index contributed by atoms with van der Waals surface area (Å²) in [6.45, 7) is 4.91. The molecular weight excluding hydrogens is 234 g/mol. The van der Waals surface area contributed by atoms with E-state index in [9.17, 15) is 0 Å². The van der Waals surface area contributed by atoms with E-state index in [2.05, 4.69) is 21.7 Å². The summed E-state index contributed by atoms with van der Waals surface area (Å²) in [6.07, 6.45) is 3.21. The Morgan fingerprint density at radius 1 is 1.24 bits per heavy atom. The molecular formula is C13H19NO2S. The number of likely N-dealkylation sites (tertiary alicyclic amines) is 1. The van der Waals surface area contributed by atoms with Gasteiger partial charge in [-0.15, -0.1) is 0 Å². The zero-order chi connectivity index (χ0) is 11.6. The zero-order valence-corrected chi connectivity index (χ0v) is 10.9. The second-order valence-electron chi connectivity index (χ2n) is 4.83. The molecule has 0 N–H and O–H groups in total. The van der Waals surface area contributed by atoms with Crippen LogP contribution >= 0.6 is 11.3 Å². The molecule has 0 aromatic carbocycles. The van der Waals surface area contributed by atoms with E-state index in [1.807, 2.05) is 0 Å². The molecule has 0 amide bonds. The van der Waals surface area contributed by atoms with Crippen LogP contribution in [-0.2, 0) is 15.9 Å². The lowest BCUT2D eigenvalue weighted by atomic mass is 10.0. The molecule has 4 heteroatoms. The number of piperidine rings is 1. The average molecular weight is 253 g/mol. The van der Waals surface area contributed by atoms with Crippen LogP contribution in [0.3, 0.4) is 0 Å². The molecule has 2 fully saturated rings. The largest absolute Gasteiger partial charge is 0.347 e. The SMILES string of the molecule is c1cc(CCN2CCC3(CC2)OCCO3)cs1. The monoisotopic (exact) mass is 253 g/mol. The maximum atomic E-state index is 5.73. The summed E-state index contributed by atoms with van der Waals surface area (Å²) in [5.41, 5.74) is 1.46. The van der Waals surface area contributed by atoms with E-state index in [1.165, 1.54) is 5.56 Å². The van der Waals surface area contributed by atoms with Gasteiger partial charge in [-0.05, 0) is 28.8 Å². The molecule has 0 unspecified atom stereocenters. The number of hydrogen-bond donors (Lipinski definition) is 0. The van der Waals surface area contributed by atoms with Crippen LogP contribution in [0.25, 0.3) is 0 Å². The number of rotatable bonds is 3. The van der Waals surface area contributed by atoms with Crippen molar-refractivity contribution in [1.82, 2.24) is 4.90 Å². The summed E-state index contributed by atoms with van der Waals surface area (Å²) in [5.74, 6) is -0.223. The third-order valence-electron chi connectivity index (χ3n) is 3.73. The van der Waals surface area contributed by atoms with Crippen LogP contribution in [0.4, 0.5) is 0 Å². The van der Waals surface area contributed by atoms with Gasteiger partial charge in [-0.2, -0.15) is 11.3 Å². The Balaban J connectivity index is 1.45. The molecule has 3 nitrogen and oxygen atoms in total. The third-order valence-corrected chi connectivity index (χ3v) is 4.46. The van der Waals surface area contributed by atoms with Gasteiger partial charge in [-0.25, -0.2) is 0 Å². The maximum Gasteiger partial charge on any atom is 0.170 e. The molecule has 0 aliphatic carbocycles. The van der Waals surface area contributed by atoms with E-state index in [-0.39, 0.29) is 5.79 Å². The van der Waals surface area contributed by atoms with E-state index >= 15 is 0 Å². The molecule has 1 aromatic heterocycles. The molecule has 0 atom stereocenters. The first-order chi connectivity index (χ1) is 8.36. The standard InChI is InChI=1S/C13H19NO2S/c1(12-2-10-17-11-12)5-14-6-3-13(4-7-14)15-8-9-16-13/h2,10-11H,1,3-9H2. The van der Waals surface area contributed by atoms with Crippen LogP contribution in [-0.4, -0.2) is 43.5 Å². The van der Waals surface area contributed by atoms with Crippen molar-refractivity contribution >= 4 is 11.3 Å². The number of thiophene rings is 1. The van der Waals surface area contributed by atoms with Crippen molar-refractivity contribution < 1.29 is 9.47 Å². The summed E-state index contributed by atoms with van der Waals surface area (Å²) >= 11 is 1.78. The maximum absolute atomic E-state index is 5.73. The van der Waals surface area contributed by atoms with Crippen molar-refractivity contribution in [2.45, 2.75) is 25.0 Å². The normalized spacial score (nSPS) is 24.5. The van der Waals surface area contributed by atoms with Gasteiger partial charge in [0.05, 0.1) is 13.2 Å². The Bertz CT molecular complexity index is 336. The van der Waals surface area contributed by atoms with Crippen molar-refractivity contribution in [2.24, 2.45) is 0 Å². The van der Waals surface area contributed by atoms with Crippen molar-refractivity contribution in [3.8, 4) is 0 Å². The van der Waals surface area contributed by atoms with E-state index in [0.717, 1.165) is 52.1 Å². The van der Waals surface area contributed by atoms with E-state index in [4.69, 9.17) is 9.47 Å². The van der Waals surface area contributed by atoms with Gasteiger partial charge in [0.25, 0.3) is 0 Å². The smallest absolute Gasteiger partial charge is 0.170 e. The highest BCUT2D eigenvalue weighted by Crippen LogP contribution is 2.31. The number of nitrogens with zero attached hydrogens (tertiary/aromatic N) is 1. The van der Waals surface area contributed by atoms with Gasteiger partial charge in [-0.3, -0.25) is 0 Å². The lowest BCUT2D eigenvalue weighted by Gasteiger charge is -2.37. The van der Waals surface area contributed by atoms with Crippen LogP contribution in [0.2, 0.25) is 0 Å². The second kappa shape index (κ2) is 5.06. The third kappa shape index (κ3) is 2.71. The Labute approximate surface area is 106 Å². The van der Waals surface area contributed by atoms with Gasteiger partial charge >= 0.3 is 0 Å². The Morgan fingerprint density at radius 3 is 2.65 bits per heavy atom. The quantitative estimate of drug-likeness (QED) is 0.823. The van der Waals surface area contributed by atoms with Crippen LogP contribution < -0.4 is 0 Å². The fourth-order valence-electron chi connectivity index (χ4n) is 2.63. The van der Waals surface area contributed by atoms with Gasteiger partial charge in [-0.1, -0.05) is 0 Å². The molecule has 2 saturated heterocycles. The van der Waals surface area contributed by atoms with Crippen LogP contribution in [0.1, 0.15) is 18.4 Å². The predicted octanol–water partition coefficient (Wildman–Crippen LogP) is 2.13. The predicted molar refractivity (Wildman–Crippen MR) is 68.3 cm³/mol. The molecule has 1 aromatic rings. The first kappa shape index (κ1) is 11.7. The van der Waals surface area contributed by atoms with E-state index < -0.39 is 0 Å². The first-order valence-electron chi connectivity index (χ1n) is 6.38. The fourth-order valence-corrected chi connectivity index (χ4v) is 3.33. The summed E-state index contributed by atoms with van der Waals surface area (Å²) in [5, 5.41) is 4.40. The van der Waals surface area contributed by atoms with Crippen molar-refractivity contribution in [3.05, 3.63) is 22.4 Å². The Hall–Kier alpha value is -0.420. The molecule has 1 spiro atoms. The molecule has 94 valence electrons. The molecule has 2 aliphatic heterocycles. The Kier molecular flexibility index (Phi) is 3.47. The second-order valence-corrected chi connectivity index (χ2v) is 5.61. The fraction of sp³-hybridized carbons (Fsp3) is 0.692. The summed E-state index contributed by atoms with van der Waals surface area (Å²) < 4.78 is 11.5. The van der Waals surface area contributed by atoms with Crippen LogP contribution in [0, 0.1) is 0 Å². The van der Waals surface area contributed by atoms with Gasteiger partial charge in [0.2, 0.25) is 0 Å². The molecule has 0 bridgehead atoms. The Morgan fingerprint density at radius 2 is 2.00 bits per heavy atom. The van der Waals surface area contributed by atoms with Crippen LogP contribution in [0.15, 0.2) is 16.8 Å². The minimum Gasteiger partial charge on any atom is -0.347 e. The van der Waals surface area contributed by atoms with Gasteiger partial charge in [0.15, 0.2) is 5.79 Å². The topological polar surface area (TPSA) is 21.7 Å². The molecule has 3 rings (SSSR count). The number of hydrogen-bond acceptors (Lipinski definition) is 4. The van der Waals surface area contributed by atoms with Crippen molar-refractivity contribution in [1.29, 1.82) is 0 Å². The molecule has 0 radical (unpaired) electrons. The van der Waals surface area contributed by atoms with Crippen molar-refractivity contribution in [2.75, 3.05) is 32.8 Å². The minimum atomic E-state index is -0.223. The highest BCUT2D eigenvalue weighted by Gasteiger charge is 2.39. The van der Waals surface area contributed by atoms with E-state index in [0.29, 0.717) is 0 Å². The lowest BCUT2D eigenvalue weighted by Crippen LogP contribution is -2.45. The highest BCUT2D eigenvalue weighted by molar-refractivity contribution is 7.07. The minimum absolute atomic E-state index is 0.223. The highest BCUT2D eigenvalue weighted by atomic mass is 32.1. The number of ether oxygens (including phenoxy) is 2. The summed E-state index contributed by atoms with van der Waals surface area (Å²) in [7, 11) is 0. The average Bonchev–Trinajstić information content (AvgIpc) is 3.01. The molecule has 3 heterocycles. The van der Waals surface area contributed by atoms with Gasteiger partial charge in [0, 0.05) is 32.5 Å². The van der Waals surface area contributed by atoms with Gasteiger partial charge < -0.3 is 14.4 Å². The van der Waals surface area contributed by atoms with Crippen molar-refractivity contribution in [3.63, 3.8) is 0 Å². The van der Waals surface area contributed by atoms with Gasteiger partial charge in [0.1, 0.15) is 0 Å². The molecule has 17 heavy (non-hydrogen) atoms. The van der Waals surface area contributed by atoms with Crippen LogP contribution in [0.5, 0.6) is 0 Å². The first-order valence-corrected chi connectivity index (χ1v) is 7.32. The lowest BCUT2D eigenvalue weighted by molar-refractivity contribution is -0.185. The molecule has 2 aliphatic rings. The molecule has 0 saturated carbocycles. The zero-order valence-electron chi connectivity index (χ0n) is 10.1.